The number of aryl methyl sites for hydroxylation is 2. The van der Waals surface area contributed by atoms with Crippen molar-refractivity contribution in [2.24, 2.45) is 5.73 Å². The van der Waals surface area contributed by atoms with Crippen LogP contribution >= 0.6 is 27.5 Å². The third kappa shape index (κ3) is 3.54. The second-order valence-electron chi connectivity index (χ2n) is 4.80. The minimum Gasteiger partial charge on any atom is -0.488 e. The van der Waals surface area contributed by atoms with Gasteiger partial charge < -0.3 is 10.5 Å². The zero-order chi connectivity index (χ0) is 14.7. The lowest BCUT2D eigenvalue weighted by Gasteiger charge is -2.15. The van der Waals surface area contributed by atoms with E-state index in [2.05, 4.69) is 15.9 Å². The second-order valence-corrected chi connectivity index (χ2v) is 6.12. The van der Waals surface area contributed by atoms with Crippen molar-refractivity contribution in [2.45, 2.75) is 27.0 Å². The van der Waals surface area contributed by atoms with E-state index in [0.29, 0.717) is 13.2 Å². The summed E-state index contributed by atoms with van der Waals surface area (Å²) in [4.78, 5) is 0. The van der Waals surface area contributed by atoms with Crippen molar-refractivity contribution in [1.82, 2.24) is 0 Å². The maximum Gasteiger partial charge on any atom is 0.127 e. The van der Waals surface area contributed by atoms with Crippen LogP contribution in [-0.4, -0.2) is 0 Å². The fourth-order valence-corrected chi connectivity index (χ4v) is 2.99. The number of hydrogen-bond donors (Lipinski definition) is 1. The highest BCUT2D eigenvalue weighted by Crippen LogP contribution is 2.29. The fourth-order valence-electron chi connectivity index (χ4n) is 2.08. The van der Waals surface area contributed by atoms with Crippen molar-refractivity contribution in [2.75, 3.05) is 0 Å². The molecule has 106 valence electrons. The second kappa shape index (κ2) is 6.61. The Balaban J connectivity index is 2.22. The molecule has 0 amide bonds. The molecule has 0 saturated heterocycles. The van der Waals surface area contributed by atoms with Crippen LogP contribution in [0.15, 0.2) is 34.8 Å². The highest BCUT2D eigenvalue weighted by atomic mass is 79.9. The molecule has 20 heavy (non-hydrogen) atoms. The van der Waals surface area contributed by atoms with Crippen LogP contribution in [-0.2, 0) is 13.2 Å². The first-order chi connectivity index (χ1) is 9.51. The summed E-state index contributed by atoms with van der Waals surface area (Å²) >= 11 is 9.69. The quantitative estimate of drug-likeness (QED) is 0.859. The summed E-state index contributed by atoms with van der Waals surface area (Å²) in [6, 6.07) is 9.97. The van der Waals surface area contributed by atoms with Gasteiger partial charge in [0.15, 0.2) is 0 Å². The summed E-state index contributed by atoms with van der Waals surface area (Å²) in [6.45, 7) is 4.91. The molecule has 2 rings (SSSR count). The molecule has 0 aliphatic heterocycles. The van der Waals surface area contributed by atoms with Gasteiger partial charge in [-0.3, -0.25) is 0 Å². The maximum absolute atomic E-state index is 6.22. The van der Waals surface area contributed by atoms with Crippen molar-refractivity contribution >= 4 is 27.5 Å². The van der Waals surface area contributed by atoms with Crippen LogP contribution in [0.25, 0.3) is 0 Å². The van der Waals surface area contributed by atoms with Gasteiger partial charge in [0.25, 0.3) is 0 Å². The van der Waals surface area contributed by atoms with Gasteiger partial charge in [0, 0.05) is 27.2 Å². The van der Waals surface area contributed by atoms with Gasteiger partial charge in [-0.2, -0.15) is 0 Å². The van der Waals surface area contributed by atoms with E-state index in [1.807, 2.05) is 44.2 Å². The lowest BCUT2D eigenvalue weighted by atomic mass is 10.1. The minimum absolute atomic E-state index is 0.439. The van der Waals surface area contributed by atoms with E-state index in [0.717, 1.165) is 37.5 Å². The molecular formula is C16H17BrClNO. The number of halogens is 2. The average molecular weight is 355 g/mol. The van der Waals surface area contributed by atoms with Gasteiger partial charge in [0.1, 0.15) is 12.4 Å². The predicted octanol–water partition coefficient (Wildman–Crippen LogP) is 4.76. The largest absolute Gasteiger partial charge is 0.488 e. The summed E-state index contributed by atoms with van der Waals surface area (Å²) < 4.78 is 6.95. The molecule has 0 bridgehead atoms. The molecule has 2 N–H and O–H groups in total. The summed E-state index contributed by atoms with van der Waals surface area (Å²) in [5, 5.41) is 0.731. The van der Waals surface area contributed by atoms with Gasteiger partial charge >= 0.3 is 0 Å². The fraction of sp³-hybridized carbons (Fsp3) is 0.250. The zero-order valence-corrected chi connectivity index (χ0v) is 13.9. The molecular weight excluding hydrogens is 338 g/mol. The average Bonchev–Trinajstić information content (AvgIpc) is 2.38. The number of ether oxygens (including phenoxy) is 1. The first-order valence-corrected chi connectivity index (χ1v) is 7.55. The Bertz CT molecular complexity index is 628. The molecule has 0 unspecified atom stereocenters. The molecule has 2 aromatic rings. The molecule has 0 radical (unpaired) electrons. The first-order valence-electron chi connectivity index (χ1n) is 6.38. The van der Waals surface area contributed by atoms with E-state index in [4.69, 9.17) is 22.1 Å². The van der Waals surface area contributed by atoms with Crippen LogP contribution in [0.4, 0.5) is 0 Å². The predicted molar refractivity (Wildman–Crippen MR) is 87.3 cm³/mol. The van der Waals surface area contributed by atoms with Crippen LogP contribution in [0.5, 0.6) is 5.75 Å². The van der Waals surface area contributed by atoms with E-state index < -0.39 is 0 Å². The Morgan fingerprint density at radius 2 is 1.90 bits per heavy atom. The lowest BCUT2D eigenvalue weighted by molar-refractivity contribution is 0.301. The molecule has 2 aromatic carbocycles. The maximum atomic E-state index is 6.22. The number of benzene rings is 2. The van der Waals surface area contributed by atoms with E-state index >= 15 is 0 Å². The molecule has 2 nitrogen and oxygen atoms in total. The van der Waals surface area contributed by atoms with Crippen LogP contribution < -0.4 is 10.5 Å². The highest BCUT2D eigenvalue weighted by Gasteiger charge is 2.09. The number of hydrogen-bond acceptors (Lipinski definition) is 2. The molecule has 0 atom stereocenters. The van der Waals surface area contributed by atoms with Crippen molar-refractivity contribution in [3.63, 3.8) is 0 Å². The SMILES string of the molecule is Cc1ccc(COc2c(C)cc(Br)cc2CN)c(Cl)c1. The Hall–Kier alpha value is -1.03. The van der Waals surface area contributed by atoms with Gasteiger partial charge in [-0.1, -0.05) is 39.7 Å². The highest BCUT2D eigenvalue weighted by molar-refractivity contribution is 9.10. The monoisotopic (exact) mass is 353 g/mol. The smallest absolute Gasteiger partial charge is 0.127 e. The Morgan fingerprint density at radius 1 is 1.15 bits per heavy atom. The van der Waals surface area contributed by atoms with Crippen molar-refractivity contribution in [3.05, 3.63) is 62.1 Å². The zero-order valence-electron chi connectivity index (χ0n) is 11.5. The molecule has 4 heteroatoms. The number of nitrogens with two attached hydrogens (primary N) is 1. The Labute approximate surface area is 133 Å². The van der Waals surface area contributed by atoms with Crippen molar-refractivity contribution < 1.29 is 4.74 Å². The van der Waals surface area contributed by atoms with E-state index in [9.17, 15) is 0 Å². The van der Waals surface area contributed by atoms with Gasteiger partial charge in [-0.25, -0.2) is 0 Å². The standard InChI is InChI=1S/C16H17BrClNO/c1-10-3-4-12(15(18)5-10)9-20-16-11(2)6-14(17)7-13(16)8-19/h3-7H,8-9,19H2,1-2H3. The van der Waals surface area contributed by atoms with Crippen molar-refractivity contribution in [1.29, 1.82) is 0 Å². The molecule has 0 aromatic heterocycles. The summed E-state index contributed by atoms with van der Waals surface area (Å²) in [5.74, 6) is 0.840. The molecule has 0 saturated carbocycles. The van der Waals surface area contributed by atoms with E-state index in [1.54, 1.807) is 0 Å². The van der Waals surface area contributed by atoms with Gasteiger partial charge in [0.05, 0.1) is 0 Å². The normalized spacial score (nSPS) is 10.7. The molecule has 0 aliphatic carbocycles. The third-order valence-corrected chi connectivity index (χ3v) is 3.93. The summed E-state index contributed by atoms with van der Waals surface area (Å²) in [5.41, 5.74) is 9.94. The van der Waals surface area contributed by atoms with Crippen molar-refractivity contribution in [3.8, 4) is 5.75 Å². The Kier molecular flexibility index (Phi) is 5.08. The molecule has 0 aliphatic rings. The van der Waals surface area contributed by atoms with Gasteiger partial charge in [0.2, 0.25) is 0 Å². The van der Waals surface area contributed by atoms with Gasteiger partial charge in [-0.05, 0) is 43.2 Å². The van der Waals surface area contributed by atoms with E-state index in [-0.39, 0.29) is 0 Å². The summed E-state index contributed by atoms with van der Waals surface area (Å²) in [7, 11) is 0. The first kappa shape index (κ1) is 15.4. The molecule has 0 spiro atoms. The molecule has 0 fully saturated rings. The lowest BCUT2D eigenvalue weighted by Crippen LogP contribution is -2.05. The minimum atomic E-state index is 0.439. The third-order valence-electron chi connectivity index (χ3n) is 3.12. The molecule has 0 heterocycles. The van der Waals surface area contributed by atoms with E-state index in [1.165, 1.54) is 0 Å². The Morgan fingerprint density at radius 3 is 2.55 bits per heavy atom. The topological polar surface area (TPSA) is 35.2 Å². The van der Waals surface area contributed by atoms with Crippen LogP contribution in [0.1, 0.15) is 22.3 Å². The number of rotatable bonds is 4. The summed E-state index contributed by atoms with van der Waals surface area (Å²) in [6.07, 6.45) is 0. The van der Waals surface area contributed by atoms with Gasteiger partial charge in [-0.15, -0.1) is 0 Å². The van der Waals surface area contributed by atoms with Crippen LogP contribution in [0.3, 0.4) is 0 Å². The van der Waals surface area contributed by atoms with Crippen LogP contribution in [0.2, 0.25) is 5.02 Å². The van der Waals surface area contributed by atoms with Crippen LogP contribution in [0, 0.1) is 13.8 Å².